The lowest BCUT2D eigenvalue weighted by Gasteiger charge is -2.50. The summed E-state index contributed by atoms with van der Waals surface area (Å²) in [5, 5.41) is 0. The zero-order chi connectivity index (χ0) is 13.7. The van der Waals surface area contributed by atoms with Crippen LogP contribution in [0.5, 0.6) is 0 Å². The van der Waals surface area contributed by atoms with Crippen molar-refractivity contribution in [3.05, 3.63) is 33.8 Å². The van der Waals surface area contributed by atoms with Crippen molar-refractivity contribution < 1.29 is 0 Å². The molecule has 2 heteroatoms. The molecule has 2 fully saturated rings. The number of piperidine rings is 1. The van der Waals surface area contributed by atoms with Crippen LogP contribution in [0.25, 0.3) is 0 Å². The third-order valence-corrected chi connectivity index (χ3v) is 6.66. The van der Waals surface area contributed by atoms with E-state index in [9.17, 15) is 0 Å². The molecule has 4 atom stereocenters. The SMILES string of the molecule is CN1CC[C@H]2[C@@H](CC[C@@H]3c4cc(Br)ccc4CC[C@H]23)C1. The van der Waals surface area contributed by atoms with E-state index in [0.717, 1.165) is 23.7 Å². The zero-order valence-electron chi connectivity index (χ0n) is 12.3. The number of halogens is 1. The summed E-state index contributed by atoms with van der Waals surface area (Å²) in [5.74, 6) is 3.78. The quantitative estimate of drug-likeness (QED) is 0.677. The summed E-state index contributed by atoms with van der Waals surface area (Å²) in [6, 6.07) is 7.00. The average molecular weight is 334 g/mol. The number of nitrogens with zero attached hydrogens (tertiary/aromatic N) is 1. The lowest BCUT2D eigenvalue weighted by molar-refractivity contribution is 0.0385. The molecule has 0 bridgehead atoms. The van der Waals surface area contributed by atoms with Crippen molar-refractivity contribution in [2.45, 2.75) is 38.0 Å². The van der Waals surface area contributed by atoms with Crippen LogP contribution in [-0.2, 0) is 6.42 Å². The number of aryl methyl sites for hydroxylation is 1. The normalized spacial score (nSPS) is 36.9. The zero-order valence-corrected chi connectivity index (χ0v) is 13.9. The second-order valence-electron chi connectivity index (χ2n) is 7.20. The van der Waals surface area contributed by atoms with Gasteiger partial charge in [0.05, 0.1) is 0 Å². The highest BCUT2D eigenvalue weighted by molar-refractivity contribution is 9.10. The first kappa shape index (κ1) is 13.3. The van der Waals surface area contributed by atoms with Crippen LogP contribution in [-0.4, -0.2) is 25.0 Å². The van der Waals surface area contributed by atoms with E-state index >= 15 is 0 Å². The smallest absolute Gasteiger partial charge is 0.0178 e. The molecule has 1 heterocycles. The van der Waals surface area contributed by atoms with Crippen molar-refractivity contribution in [2.75, 3.05) is 20.1 Å². The summed E-state index contributed by atoms with van der Waals surface area (Å²) in [6.07, 6.45) is 7.05. The van der Waals surface area contributed by atoms with Gasteiger partial charge in [-0.3, -0.25) is 0 Å². The number of hydrogen-bond donors (Lipinski definition) is 0. The molecule has 3 aliphatic rings. The summed E-state index contributed by atoms with van der Waals surface area (Å²) in [7, 11) is 2.30. The van der Waals surface area contributed by atoms with Crippen LogP contribution >= 0.6 is 15.9 Å². The molecule has 2 aliphatic carbocycles. The molecule has 0 radical (unpaired) electrons. The monoisotopic (exact) mass is 333 g/mol. The molecule has 108 valence electrons. The van der Waals surface area contributed by atoms with E-state index in [1.54, 1.807) is 11.1 Å². The second kappa shape index (κ2) is 5.14. The first-order chi connectivity index (χ1) is 9.72. The molecule has 1 saturated carbocycles. The first-order valence-corrected chi connectivity index (χ1v) is 8.98. The molecule has 0 spiro atoms. The van der Waals surface area contributed by atoms with Crippen LogP contribution in [0, 0.1) is 17.8 Å². The third-order valence-electron chi connectivity index (χ3n) is 6.17. The maximum atomic E-state index is 3.68. The van der Waals surface area contributed by atoms with Gasteiger partial charge in [-0.05, 0) is 92.6 Å². The predicted molar refractivity (Wildman–Crippen MR) is 87.0 cm³/mol. The van der Waals surface area contributed by atoms with Gasteiger partial charge in [0.2, 0.25) is 0 Å². The molecule has 1 nitrogen and oxygen atoms in total. The molecule has 1 aliphatic heterocycles. The molecule has 0 aromatic heterocycles. The van der Waals surface area contributed by atoms with E-state index in [4.69, 9.17) is 0 Å². The van der Waals surface area contributed by atoms with Crippen LogP contribution in [0.4, 0.5) is 0 Å². The summed E-state index contributed by atoms with van der Waals surface area (Å²) in [4.78, 5) is 2.55. The fraction of sp³-hybridized carbons (Fsp3) is 0.667. The number of hydrogen-bond acceptors (Lipinski definition) is 1. The Morgan fingerprint density at radius 1 is 1.10 bits per heavy atom. The van der Waals surface area contributed by atoms with Gasteiger partial charge >= 0.3 is 0 Å². The Hall–Kier alpha value is -0.340. The largest absolute Gasteiger partial charge is 0.306 e. The molecule has 0 N–H and O–H groups in total. The van der Waals surface area contributed by atoms with Crippen LogP contribution in [0.15, 0.2) is 22.7 Å². The Morgan fingerprint density at radius 3 is 2.90 bits per heavy atom. The lowest BCUT2D eigenvalue weighted by atomic mass is 9.58. The van der Waals surface area contributed by atoms with Gasteiger partial charge < -0.3 is 4.90 Å². The Kier molecular flexibility index (Phi) is 3.42. The van der Waals surface area contributed by atoms with E-state index in [-0.39, 0.29) is 0 Å². The first-order valence-electron chi connectivity index (χ1n) is 8.19. The Morgan fingerprint density at radius 2 is 2.00 bits per heavy atom. The van der Waals surface area contributed by atoms with Gasteiger partial charge in [0.15, 0.2) is 0 Å². The molecular weight excluding hydrogens is 310 g/mol. The van der Waals surface area contributed by atoms with Gasteiger partial charge in [-0.2, -0.15) is 0 Å². The van der Waals surface area contributed by atoms with Crippen LogP contribution in [0.2, 0.25) is 0 Å². The van der Waals surface area contributed by atoms with E-state index in [1.165, 1.54) is 49.7 Å². The predicted octanol–water partition coefficient (Wildman–Crippen LogP) is 4.46. The highest BCUT2D eigenvalue weighted by Gasteiger charge is 2.43. The fourth-order valence-corrected chi connectivity index (χ4v) is 5.65. The minimum absolute atomic E-state index is 0.848. The van der Waals surface area contributed by atoms with E-state index < -0.39 is 0 Å². The summed E-state index contributed by atoms with van der Waals surface area (Å²) in [6.45, 7) is 2.66. The van der Waals surface area contributed by atoms with Crippen molar-refractivity contribution in [3.8, 4) is 0 Å². The molecule has 4 rings (SSSR count). The summed E-state index contributed by atoms with van der Waals surface area (Å²) < 4.78 is 1.27. The van der Waals surface area contributed by atoms with Gasteiger partial charge in [-0.15, -0.1) is 0 Å². The number of likely N-dealkylation sites (tertiary alicyclic amines) is 1. The Labute approximate surface area is 130 Å². The molecule has 1 aromatic rings. The standard InChI is InChI=1S/C18H24BrN/c1-20-9-8-15-13(11-20)4-7-17-16(15)6-3-12-2-5-14(19)10-18(12)17/h2,5,10,13,15-17H,3-4,6-9,11H2,1H3/t13-,15-,16+,17-/m0/s1. The fourth-order valence-electron chi connectivity index (χ4n) is 5.27. The van der Waals surface area contributed by atoms with Crippen molar-refractivity contribution in [1.82, 2.24) is 4.90 Å². The van der Waals surface area contributed by atoms with Gasteiger partial charge in [0.25, 0.3) is 0 Å². The lowest BCUT2D eigenvalue weighted by Crippen LogP contribution is -2.46. The van der Waals surface area contributed by atoms with Crippen LogP contribution in [0.3, 0.4) is 0 Å². The molecular formula is C18H24BrN. The van der Waals surface area contributed by atoms with Crippen LogP contribution in [0.1, 0.15) is 42.7 Å². The van der Waals surface area contributed by atoms with E-state index in [2.05, 4.69) is 46.1 Å². The summed E-state index contributed by atoms with van der Waals surface area (Å²) in [5.41, 5.74) is 3.30. The second-order valence-corrected chi connectivity index (χ2v) is 8.12. The topological polar surface area (TPSA) is 3.24 Å². The highest BCUT2D eigenvalue weighted by Crippen LogP contribution is 2.52. The van der Waals surface area contributed by atoms with Gasteiger partial charge in [0.1, 0.15) is 0 Å². The summed E-state index contributed by atoms with van der Waals surface area (Å²) >= 11 is 3.68. The van der Waals surface area contributed by atoms with Crippen LogP contribution < -0.4 is 0 Å². The van der Waals surface area contributed by atoms with Crippen molar-refractivity contribution >= 4 is 15.9 Å². The van der Waals surface area contributed by atoms with Gasteiger partial charge in [0, 0.05) is 11.0 Å². The minimum Gasteiger partial charge on any atom is -0.306 e. The molecule has 0 unspecified atom stereocenters. The molecule has 1 aromatic carbocycles. The molecule has 0 amide bonds. The average Bonchev–Trinajstić information content (AvgIpc) is 2.46. The van der Waals surface area contributed by atoms with Gasteiger partial charge in [-0.25, -0.2) is 0 Å². The number of fused-ring (bicyclic) bond motifs is 5. The highest BCUT2D eigenvalue weighted by atomic mass is 79.9. The van der Waals surface area contributed by atoms with Gasteiger partial charge in [-0.1, -0.05) is 22.0 Å². The van der Waals surface area contributed by atoms with Crippen molar-refractivity contribution in [3.63, 3.8) is 0 Å². The molecule has 20 heavy (non-hydrogen) atoms. The molecule has 1 saturated heterocycles. The Bertz CT molecular complexity index is 512. The number of benzene rings is 1. The minimum atomic E-state index is 0.848. The van der Waals surface area contributed by atoms with E-state index in [1.807, 2.05) is 0 Å². The maximum absolute atomic E-state index is 3.68. The maximum Gasteiger partial charge on any atom is 0.0178 e. The third kappa shape index (κ3) is 2.16. The van der Waals surface area contributed by atoms with Crippen molar-refractivity contribution in [1.29, 1.82) is 0 Å². The van der Waals surface area contributed by atoms with E-state index in [0.29, 0.717) is 0 Å². The Balaban J connectivity index is 1.65. The van der Waals surface area contributed by atoms with Crippen molar-refractivity contribution in [2.24, 2.45) is 17.8 Å². The number of rotatable bonds is 0.